The first-order valence-electron chi connectivity index (χ1n) is 6.25. The number of nitrogens with two attached hydrogens (primary N) is 1. The maximum atomic E-state index is 11.0. The smallest absolute Gasteiger partial charge is 0.321 e. The molecule has 2 bridgehead atoms. The average Bonchev–Trinajstić information content (AvgIpc) is 2.25. The Kier molecular flexibility index (Phi) is 2.60. The summed E-state index contributed by atoms with van der Waals surface area (Å²) in [5.74, 6) is -0.0899. The minimum Gasteiger partial charge on any atom is -0.496 e. The molecule has 3 N–H and O–H groups in total. The highest BCUT2D eigenvalue weighted by Crippen LogP contribution is 2.75. The van der Waals surface area contributed by atoms with Gasteiger partial charge in [-0.1, -0.05) is 11.6 Å². The van der Waals surface area contributed by atoms with E-state index < -0.39 is 12.0 Å². The van der Waals surface area contributed by atoms with Crippen LogP contribution < -0.4 is 10.5 Å². The predicted octanol–water partition coefficient (Wildman–Crippen LogP) is 2.18. The summed E-state index contributed by atoms with van der Waals surface area (Å²) in [5, 5.41) is 9.71. The summed E-state index contributed by atoms with van der Waals surface area (Å²) in [5.41, 5.74) is 6.65. The molecule has 3 saturated carbocycles. The van der Waals surface area contributed by atoms with Crippen LogP contribution in [0.5, 0.6) is 5.75 Å². The van der Waals surface area contributed by atoms with Gasteiger partial charge in [-0.05, 0) is 42.9 Å². The van der Waals surface area contributed by atoms with Crippen LogP contribution in [0.3, 0.4) is 0 Å². The molecule has 1 unspecified atom stereocenters. The third-order valence-electron chi connectivity index (χ3n) is 4.73. The number of methoxy groups -OCH3 is 1. The summed E-state index contributed by atoms with van der Waals surface area (Å²) in [6.07, 6.45) is 2.43. The van der Waals surface area contributed by atoms with Crippen LogP contribution in [0, 0.1) is 5.41 Å². The molecule has 0 spiro atoms. The molecule has 1 atom stereocenters. The fourth-order valence-electron chi connectivity index (χ4n) is 3.84. The van der Waals surface area contributed by atoms with Crippen LogP contribution in [-0.2, 0) is 10.2 Å². The number of ether oxygens (including phenoxy) is 1. The summed E-state index contributed by atoms with van der Waals surface area (Å²) < 4.78 is 5.38. The summed E-state index contributed by atoms with van der Waals surface area (Å²) in [7, 11) is 1.64. The van der Waals surface area contributed by atoms with Gasteiger partial charge >= 0.3 is 5.97 Å². The summed E-state index contributed by atoms with van der Waals surface area (Å²) >= 11 is 6.05. The molecule has 5 heteroatoms. The number of carboxylic acid groups (broad SMARTS) is 1. The SMILES string of the molecule is COc1ccc(Cl)cc1C12CC(C(N)C(=O)O)(C1)C2. The Morgan fingerprint density at radius 2 is 2.11 bits per heavy atom. The Balaban J connectivity index is 1.86. The normalized spacial score (nSPS) is 33.0. The number of halogens is 1. The molecule has 0 saturated heterocycles. The summed E-state index contributed by atoms with van der Waals surface area (Å²) in [6.45, 7) is 0. The first-order chi connectivity index (χ1) is 8.92. The maximum absolute atomic E-state index is 11.0. The van der Waals surface area contributed by atoms with Crippen LogP contribution in [0.2, 0.25) is 5.02 Å². The lowest BCUT2D eigenvalue weighted by atomic mass is 9.31. The highest BCUT2D eigenvalue weighted by molar-refractivity contribution is 6.30. The van der Waals surface area contributed by atoms with Crippen molar-refractivity contribution in [2.75, 3.05) is 7.11 Å². The standard InChI is InChI=1S/C14H16ClNO3/c1-19-10-3-2-8(15)4-9(10)13-5-14(6-13,7-13)11(16)12(17)18/h2-4,11H,5-7,16H2,1H3,(H,17,18). The van der Waals surface area contributed by atoms with Crippen LogP contribution >= 0.6 is 11.6 Å². The number of benzene rings is 1. The van der Waals surface area contributed by atoms with Crippen molar-refractivity contribution in [1.82, 2.24) is 0 Å². The largest absolute Gasteiger partial charge is 0.496 e. The lowest BCUT2D eigenvalue weighted by Crippen LogP contribution is -2.72. The molecule has 3 aliphatic rings. The van der Waals surface area contributed by atoms with E-state index in [-0.39, 0.29) is 10.8 Å². The molecule has 102 valence electrons. The molecule has 1 aromatic rings. The maximum Gasteiger partial charge on any atom is 0.321 e. The van der Waals surface area contributed by atoms with E-state index in [2.05, 4.69) is 0 Å². The molecule has 0 amide bonds. The molecule has 0 radical (unpaired) electrons. The van der Waals surface area contributed by atoms with E-state index in [0.717, 1.165) is 30.6 Å². The fourth-order valence-corrected chi connectivity index (χ4v) is 4.01. The summed E-state index contributed by atoms with van der Waals surface area (Å²) in [4.78, 5) is 11.0. The van der Waals surface area contributed by atoms with E-state index in [0.29, 0.717) is 5.02 Å². The predicted molar refractivity (Wildman–Crippen MR) is 71.6 cm³/mol. The zero-order valence-electron chi connectivity index (χ0n) is 10.6. The Hall–Kier alpha value is -1.26. The third-order valence-corrected chi connectivity index (χ3v) is 4.97. The molecule has 19 heavy (non-hydrogen) atoms. The van der Waals surface area contributed by atoms with Gasteiger partial charge < -0.3 is 15.6 Å². The summed E-state index contributed by atoms with van der Waals surface area (Å²) in [6, 6.07) is 4.82. The van der Waals surface area contributed by atoms with Gasteiger partial charge in [0.25, 0.3) is 0 Å². The molecule has 3 fully saturated rings. The molecule has 0 aromatic heterocycles. The van der Waals surface area contributed by atoms with Crippen LogP contribution in [0.25, 0.3) is 0 Å². The number of rotatable bonds is 4. The van der Waals surface area contributed by atoms with Crippen molar-refractivity contribution in [2.24, 2.45) is 11.1 Å². The van der Waals surface area contributed by atoms with Crippen molar-refractivity contribution in [2.45, 2.75) is 30.7 Å². The third kappa shape index (κ3) is 1.60. The van der Waals surface area contributed by atoms with E-state index >= 15 is 0 Å². The van der Waals surface area contributed by atoms with Crippen LogP contribution in [-0.4, -0.2) is 24.2 Å². The molecule has 4 nitrogen and oxygen atoms in total. The fraction of sp³-hybridized carbons (Fsp3) is 0.500. The van der Waals surface area contributed by atoms with E-state index in [4.69, 9.17) is 27.2 Å². The van der Waals surface area contributed by atoms with Gasteiger partial charge in [-0.25, -0.2) is 0 Å². The Bertz CT molecular complexity index is 538. The molecular weight excluding hydrogens is 266 g/mol. The Morgan fingerprint density at radius 3 is 2.63 bits per heavy atom. The number of carboxylic acids is 1. The van der Waals surface area contributed by atoms with Crippen LogP contribution in [0.4, 0.5) is 0 Å². The quantitative estimate of drug-likeness (QED) is 0.887. The van der Waals surface area contributed by atoms with Crippen molar-refractivity contribution in [1.29, 1.82) is 0 Å². The second-order valence-electron chi connectivity index (χ2n) is 5.83. The van der Waals surface area contributed by atoms with Crippen molar-refractivity contribution in [3.63, 3.8) is 0 Å². The second kappa shape index (κ2) is 3.87. The minimum atomic E-state index is -0.911. The van der Waals surface area contributed by atoms with Crippen LogP contribution in [0.15, 0.2) is 18.2 Å². The number of hydrogen-bond donors (Lipinski definition) is 2. The average molecular weight is 282 g/mol. The number of hydrogen-bond acceptors (Lipinski definition) is 3. The van der Waals surface area contributed by atoms with Crippen molar-refractivity contribution in [3.8, 4) is 5.75 Å². The number of aliphatic carboxylic acids is 1. The van der Waals surface area contributed by atoms with Gasteiger partial charge in [0, 0.05) is 16.0 Å². The van der Waals surface area contributed by atoms with Gasteiger partial charge in [-0.2, -0.15) is 0 Å². The molecular formula is C14H16ClNO3. The zero-order chi connectivity index (χ0) is 13.8. The van der Waals surface area contributed by atoms with Gasteiger partial charge in [-0.15, -0.1) is 0 Å². The highest BCUT2D eigenvalue weighted by atomic mass is 35.5. The van der Waals surface area contributed by atoms with Crippen molar-refractivity contribution in [3.05, 3.63) is 28.8 Å². The minimum absolute atomic E-state index is 0.0172. The molecule has 3 aliphatic carbocycles. The van der Waals surface area contributed by atoms with Crippen LogP contribution in [0.1, 0.15) is 24.8 Å². The van der Waals surface area contributed by atoms with E-state index in [1.54, 1.807) is 13.2 Å². The molecule has 1 aromatic carbocycles. The van der Waals surface area contributed by atoms with Gasteiger partial charge in [-0.3, -0.25) is 4.79 Å². The second-order valence-corrected chi connectivity index (χ2v) is 6.27. The van der Waals surface area contributed by atoms with Crippen molar-refractivity contribution < 1.29 is 14.6 Å². The monoisotopic (exact) mass is 281 g/mol. The van der Waals surface area contributed by atoms with Gasteiger partial charge in [0.05, 0.1) is 7.11 Å². The molecule has 0 heterocycles. The first kappa shape index (κ1) is 12.8. The van der Waals surface area contributed by atoms with Gasteiger partial charge in [0.2, 0.25) is 0 Å². The number of carbonyl (C=O) groups is 1. The van der Waals surface area contributed by atoms with E-state index in [1.807, 2.05) is 12.1 Å². The molecule has 4 rings (SSSR count). The zero-order valence-corrected chi connectivity index (χ0v) is 11.4. The first-order valence-corrected chi connectivity index (χ1v) is 6.63. The Labute approximate surface area is 116 Å². The Morgan fingerprint density at radius 1 is 1.47 bits per heavy atom. The highest BCUT2D eigenvalue weighted by Gasteiger charge is 2.72. The van der Waals surface area contributed by atoms with Gasteiger partial charge in [0.1, 0.15) is 11.8 Å². The van der Waals surface area contributed by atoms with Gasteiger partial charge in [0.15, 0.2) is 0 Å². The van der Waals surface area contributed by atoms with E-state index in [9.17, 15) is 4.79 Å². The van der Waals surface area contributed by atoms with Crippen molar-refractivity contribution >= 4 is 17.6 Å². The van der Waals surface area contributed by atoms with E-state index in [1.165, 1.54) is 0 Å². The lowest BCUT2D eigenvalue weighted by Gasteiger charge is -2.72. The topological polar surface area (TPSA) is 72.5 Å². The lowest BCUT2D eigenvalue weighted by molar-refractivity contribution is -0.179. The molecule has 0 aliphatic heterocycles.